The Hall–Kier alpha value is -0.860. The minimum atomic E-state index is 0.135. The first-order chi connectivity index (χ1) is 7.98. The fourth-order valence-corrected chi connectivity index (χ4v) is 2.26. The Morgan fingerprint density at radius 3 is 2.76 bits per heavy atom. The first-order valence-electron chi connectivity index (χ1n) is 6.43. The third-order valence-electron chi connectivity index (χ3n) is 3.67. The second-order valence-corrected chi connectivity index (χ2v) is 6.02. The van der Waals surface area contributed by atoms with Crippen LogP contribution in [0.5, 0.6) is 0 Å². The third-order valence-corrected chi connectivity index (χ3v) is 3.67. The van der Waals surface area contributed by atoms with E-state index in [4.69, 9.17) is 10.5 Å². The Kier molecular flexibility index (Phi) is 3.55. The molecule has 1 aliphatic rings. The number of fused-ring (bicyclic) bond motifs is 1. The van der Waals surface area contributed by atoms with Crippen molar-refractivity contribution in [1.29, 1.82) is 0 Å². The molecule has 0 saturated carbocycles. The van der Waals surface area contributed by atoms with Gasteiger partial charge in [0.2, 0.25) is 0 Å². The van der Waals surface area contributed by atoms with Gasteiger partial charge in [0.25, 0.3) is 0 Å². The summed E-state index contributed by atoms with van der Waals surface area (Å²) in [5, 5.41) is 0. The van der Waals surface area contributed by atoms with E-state index in [2.05, 4.69) is 45.0 Å². The second kappa shape index (κ2) is 4.79. The predicted molar refractivity (Wildman–Crippen MR) is 70.9 cm³/mol. The summed E-state index contributed by atoms with van der Waals surface area (Å²) in [5.74, 6) is 0. The van der Waals surface area contributed by atoms with Crippen LogP contribution in [0.1, 0.15) is 44.4 Å². The quantitative estimate of drug-likeness (QED) is 0.852. The molecule has 1 aromatic rings. The summed E-state index contributed by atoms with van der Waals surface area (Å²) < 4.78 is 5.89. The van der Waals surface area contributed by atoms with E-state index in [1.807, 2.05) is 0 Å². The molecule has 2 unspecified atom stereocenters. The highest BCUT2D eigenvalue weighted by molar-refractivity contribution is 5.31. The molecule has 2 rings (SSSR count). The average Bonchev–Trinajstić information content (AvgIpc) is 2.28. The molecule has 2 heteroatoms. The second-order valence-electron chi connectivity index (χ2n) is 6.02. The fraction of sp³-hybridized carbons (Fsp3) is 0.600. The van der Waals surface area contributed by atoms with E-state index in [0.29, 0.717) is 0 Å². The summed E-state index contributed by atoms with van der Waals surface area (Å²) in [4.78, 5) is 0. The largest absolute Gasteiger partial charge is 0.373 e. The maximum Gasteiger partial charge on any atom is 0.0842 e. The lowest BCUT2D eigenvalue weighted by molar-refractivity contribution is 0.0238. The first kappa shape index (κ1) is 12.6. The van der Waals surface area contributed by atoms with Gasteiger partial charge in [-0.2, -0.15) is 0 Å². The number of hydrogen-bond acceptors (Lipinski definition) is 2. The molecule has 0 bridgehead atoms. The van der Waals surface area contributed by atoms with Gasteiger partial charge in [-0.1, -0.05) is 45.0 Å². The van der Waals surface area contributed by atoms with E-state index >= 15 is 0 Å². The van der Waals surface area contributed by atoms with Crippen molar-refractivity contribution in [3.05, 3.63) is 35.4 Å². The van der Waals surface area contributed by atoms with Crippen LogP contribution in [0.4, 0.5) is 0 Å². The van der Waals surface area contributed by atoms with Crippen molar-refractivity contribution in [1.82, 2.24) is 0 Å². The lowest BCUT2D eigenvalue weighted by atomic mass is 9.82. The molecule has 17 heavy (non-hydrogen) atoms. The highest BCUT2D eigenvalue weighted by Gasteiger charge is 2.28. The molecule has 0 aromatic heterocycles. The van der Waals surface area contributed by atoms with E-state index in [0.717, 1.165) is 19.4 Å². The van der Waals surface area contributed by atoms with Crippen molar-refractivity contribution < 1.29 is 4.74 Å². The zero-order chi connectivity index (χ0) is 12.5. The van der Waals surface area contributed by atoms with Gasteiger partial charge in [0.05, 0.1) is 12.7 Å². The summed E-state index contributed by atoms with van der Waals surface area (Å²) in [6, 6.07) is 8.73. The van der Waals surface area contributed by atoms with Gasteiger partial charge in [-0.25, -0.2) is 0 Å². The average molecular weight is 233 g/mol. The number of benzene rings is 1. The van der Waals surface area contributed by atoms with Gasteiger partial charge in [-0.3, -0.25) is 0 Å². The Morgan fingerprint density at radius 2 is 2.06 bits per heavy atom. The summed E-state index contributed by atoms with van der Waals surface area (Å²) in [6.07, 6.45) is 2.10. The smallest absolute Gasteiger partial charge is 0.0842 e. The molecule has 0 amide bonds. The topological polar surface area (TPSA) is 35.2 Å². The van der Waals surface area contributed by atoms with Crippen molar-refractivity contribution >= 4 is 0 Å². The molecule has 94 valence electrons. The van der Waals surface area contributed by atoms with Crippen LogP contribution in [0, 0.1) is 5.41 Å². The molecule has 2 nitrogen and oxygen atoms in total. The third kappa shape index (κ3) is 2.88. The van der Waals surface area contributed by atoms with Crippen LogP contribution in [0.25, 0.3) is 0 Å². The summed E-state index contributed by atoms with van der Waals surface area (Å²) in [6.45, 7) is 7.38. The molecular formula is C15H23NO. The van der Waals surface area contributed by atoms with Gasteiger partial charge in [0, 0.05) is 6.04 Å². The van der Waals surface area contributed by atoms with Gasteiger partial charge >= 0.3 is 0 Å². The Morgan fingerprint density at radius 1 is 1.35 bits per heavy atom. The minimum Gasteiger partial charge on any atom is -0.373 e. The molecule has 0 aliphatic carbocycles. The van der Waals surface area contributed by atoms with E-state index in [1.165, 1.54) is 11.1 Å². The molecule has 0 fully saturated rings. The molecule has 0 spiro atoms. The molecule has 1 aliphatic heterocycles. The lowest BCUT2D eigenvalue weighted by Crippen LogP contribution is -2.37. The number of rotatable bonds is 2. The number of ether oxygens (including phenoxy) is 1. The van der Waals surface area contributed by atoms with Crippen LogP contribution in [0.15, 0.2) is 24.3 Å². The van der Waals surface area contributed by atoms with Crippen LogP contribution in [0.2, 0.25) is 0 Å². The van der Waals surface area contributed by atoms with Crippen molar-refractivity contribution in [3.8, 4) is 0 Å². The molecule has 2 N–H and O–H groups in total. The summed E-state index contributed by atoms with van der Waals surface area (Å²) in [5.41, 5.74) is 9.15. The maximum atomic E-state index is 6.26. The lowest BCUT2D eigenvalue weighted by Gasteiger charge is -2.33. The molecule has 0 saturated heterocycles. The monoisotopic (exact) mass is 233 g/mol. The van der Waals surface area contributed by atoms with Gasteiger partial charge < -0.3 is 10.5 Å². The molecule has 2 atom stereocenters. The normalized spacial score (nSPS) is 22.0. The molecule has 1 aromatic carbocycles. The summed E-state index contributed by atoms with van der Waals surface area (Å²) in [7, 11) is 0. The van der Waals surface area contributed by atoms with Gasteiger partial charge in [0.15, 0.2) is 0 Å². The van der Waals surface area contributed by atoms with Crippen molar-refractivity contribution in [3.63, 3.8) is 0 Å². The predicted octanol–water partition coefficient (Wildman–Crippen LogP) is 3.06. The highest BCUT2D eigenvalue weighted by atomic mass is 16.5. The Bertz CT molecular complexity index is 381. The zero-order valence-corrected chi connectivity index (χ0v) is 11.1. The minimum absolute atomic E-state index is 0.135. The molecular weight excluding hydrogens is 210 g/mol. The number of nitrogens with two attached hydrogens (primary N) is 1. The molecule has 0 radical (unpaired) electrons. The van der Waals surface area contributed by atoms with Crippen molar-refractivity contribution in [2.75, 3.05) is 6.61 Å². The standard InChI is InChI=1S/C15H23NO/c1-15(2,3)14(16)10-13-12-7-5-4-6-11(12)8-9-17-13/h4-7,13-14H,8-10,16H2,1-3H3. The van der Waals surface area contributed by atoms with Crippen LogP contribution in [-0.2, 0) is 11.2 Å². The van der Waals surface area contributed by atoms with E-state index in [-0.39, 0.29) is 17.6 Å². The zero-order valence-electron chi connectivity index (χ0n) is 11.1. The first-order valence-corrected chi connectivity index (χ1v) is 6.43. The summed E-state index contributed by atoms with van der Waals surface area (Å²) >= 11 is 0. The Labute approximate surface area is 104 Å². The van der Waals surface area contributed by atoms with E-state index < -0.39 is 0 Å². The van der Waals surface area contributed by atoms with E-state index in [1.54, 1.807) is 0 Å². The van der Waals surface area contributed by atoms with Gasteiger partial charge in [-0.15, -0.1) is 0 Å². The Balaban J connectivity index is 2.14. The maximum absolute atomic E-state index is 6.26. The fourth-order valence-electron chi connectivity index (χ4n) is 2.26. The number of hydrogen-bond donors (Lipinski definition) is 1. The van der Waals surface area contributed by atoms with Gasteiger partial charge in [-0.05, 0) is 29.4 Å². The highest BCUT2D eigenvalue weighted by Crippen LogP contribution is 2.33. The van der Waals surface area contributed by atoms with E-state index in [9.17, 15) is 0 Å². The SMILES string of the molecule is CC(C)(C)C(N)CC1OCCc2ccccc21. The van der Waals surface area contributed by atoms with Crippen LogP contribution in [0.3, 0.4) is 0 Å². The molecule has 1 heterocycles. The van der Waals surface area contributed by atoms with Gasteiger partial charge in [0.1, 0.15) is 0 Å². The van der Waals surface area contributed by atoms with Crippen molar-refractivity contribution in [2.24, 2.45) is 11.1 Å². The van der Waals surface area contributed by atoms with Crippen LogP contribution < -0.4 is 5.73 Å². The van der Waals surface area contributed by atoms with Crippen molar-refractivity contribution in [2.45, 2.75) is 45.8 Å². The van der Waals surface area contributed by atoms with Crippen LogP contribution in [-0.4, -0.2) is 12.6 Å². The van der Waals surface area contributed by atoms with Crippen LogP contribution >= 0.6 is 0 Å².